The smallest absolute Gasteiger partial charge is 0.289 e. The predicted molar refractivity (Wildman–Crippen MR) is 51.8 cm³/mol. The fourth-order valence-electron chi connectivity index (χ4n) is 0.550. The summed E-state index contributed by atoms with van der Waals surface area (Å²) in [4.78, 5) is 3.61. The van der Waals surface area contributed by atoms with Crippen LogP contribution < -0.4 is 31.7 Å². The Morgan fingerprint density at radius 2 is 1.31 bits per heavy atom. The highest BCUT2D eigenvalue weighted by molar-refractivity contribution is 7.79. The average Bonchev–Trinajstić information content (AvgIpc) is 1.43. The van der Waals surface area contributed by atoms with Crippen molar-refractivity contribution in [2.75, 3.05) is 6.66 Å². The molecule has 0 saturated heterocycles. The molecule has 2 unspecified atom stereocenters. The summed E-state index contributed by atoms with van der Waals surface area (Å²) in [7, 11) is -10.9. The van der Waals surface area contributed by atoms with E-state index in [1.165, 1.54) is 0 Å². The minimum Gasteiger partial charge on any atom is -0.289 e. The van der Waals surface area contributed by atoms with Crippen molar-refractivity contribution in [2.24, 2.45) is 22.0 Å². The maximum Gasteiger partial charge on any atom is 0.290 e. The molecule has 0 spiro atoms. The third-order valence-corrected chi connectivity index (χ3v) is 5.87. The van der Waals surface area contributed by atoms with Gasteiger partial charge in [-0.25, -0.2) is 0 Å². The van der Waals surface area contributed by atoms with E-state index in [0.717, 1.165) is 6.66 Å². The van der Waals surface area contributed by atoms with Crippen LogP contribution in [0.2, 0.25) is 0 Å². The van der Waals surface area contributed by atoms with Gasteiger partial charge >= 0.3 is 0 Å². The molecule has 0 aromatic carbocycles. The topological polar surface area (TPSA) is 179 Å². The summed E-state index contributed by atoms with van der Waals surface area (Å²) in [5, 5.41) is 0. The Hall–Kier alpha value is 0.450. The summed E-state index contributed by atoms with van der Waals surface area (Å²) in [5.41, 5.74) is 19.7. The van der Waals surface area contributed by atoms with Gasteiger partial charge in [0.25, 0.3) is 15.2 Å². The third-order valence-electron chi connectivity index (χ3n) is 0.652. The molecule has 10 N–H and O–H groups in total. The van der Waals surface area contributed by atoms with Crippen molar-refractivity contribution in [3.05, 3.63) is 0 Å². The summed E-state index contributed by atoms with van der Waals surface area (Å²) in [6.45, 7) is 1.09. The molecule has 0 aliphatic rings. The molecule has 0 aliphatic carbocycles. The molecule has 12 heteroatoms. The van der Waals surface area contributed by atoms with Crippen LogP contribution in [-0.2, 0) is 13.7 Å². The van der Waals surface area contributed by atoms with Gasteiger partial charge in [-0.1, -0.05) is 0 Å². The summed E-state index contributed by atoms with van der Waals surface area (Å²) >= 11 is 0. The Labute approximate surface area is 75.5 Å². The van der Waals surface area contributed by atoms with E-state index in [9.17, 15) is 13.7 Å². The summed E-state index contributed by atoms with van der Waals surface area (Å²) in [6, 6.07) is 0. The van der Waals surface area contributed by atoms with Gasteiger partial charge in [-0.3, -0.25) is 35.7 Å². The van der Waals surface area contributed by atoms with Crippen LogP contribution >= 0.6 is 22.6 Å². The molecular weight excluding hydrogens is 237 g/mol. The largest absolute Gasteiger partial charge is 0.290 e. The molecule has 80 valence electrons. The van der Waals surface area contributed by atoms with Crippen LogP contribution in [0.15, 0.2) is 0 Å². The molecule has 0 aromatic rings. The van der Waals surface area contributed by atoms with Crippen LogP contribution in [0.1, 0.15) is 0 Å². The average molecular weight is 250 g/mol. The van der Waals surface area contributed by atoms with Crippen LogP contribution in [0, 0.1) is 0 Å². The summed E-state index contributed by atoms with van der Waals surface area (Å²) in [6.07, 6.45) is 0. The quantitative estimate of drug-likeness (QED) is 0.342. The summed E-state index contributed by atoms with van der Waals surface area (Å²) < 4.78 is 32.9. The summed E-state index contributed by atoms with van der Waals surface area (Å²) in [5.74, 6) is 0. The molecule has 0 saturated carbocycles. The second kappa shape index (κ2) is 3.90. The standard InChI is InChI=1S/CH13N6O3P3/c1-11(2,8)6-13(5,10)7-12(3,4)9/h1H3,(H10,2,3,4,5,6,7,8,9,10). The molecule has 0 amide bonds. The Morgan fingerprint density at radius 3 is 1.54 bits per heavy atom. The molecule has 13 heavy (non-hydrogen) atoms. The fourth-order valence-corrected chi connectivity index (χ4v) is 5.35. The maximum atomic E-state index is 11.2. The predicted octanol–water partition coefficient (Wildman–Crippen LogP) is -0.960. The molecule has 0 heterocycles. The van der Waals surface area contributed by atoms with Gasteiger partial charge in [-0.2, -0.15) is 9.72 Å². The number of nitrogens with one attached hydrogen (secondary N) is 2. The Balaban J connectivity index is 4.54. The molecule has 0 rings (SSSR count). The van der Waals surface area contributed by atoms with Gasteiger partial charge in [0, 0.05) is 6.66 Å². The van der Waals surface area contributed by atoms with Crippen molar-refractivity contribution in [3.8, 4) is 0 Å². The van der Waals surface area contributed by atoms with Gasteiger partial charge in [-0.15, -0.1) is 0 Å². The van der Waals surface area contributed by atoms with E-state index < -0.39 is 22.6 Å². The highest BCUT2D eigenvalue weighted by Crippen LogP contribution is 2.45. The van der Waals surface area contributed by atoms with Crippen molar-refractivity contribution in [1.82, 2.24) is 9.72 Å². The number of hydrogen-bond acceptors (Lipinski definition) is 3. The highest BCUT2D eigenvalue weighted by atomic mass is 31.3. The zero-order valence-corrected chi connectivity index (χ0v) is 9.56. The first-order valence-corrected chi connectivity index (χ1v) is 8.77. The first-order valence-electron chi connectivity index (χ1n) is 2.92. The normalized spacial score (nSPS) is 21.9. The number of rotatable bonds is 4. The van der Waals surface area contributed by atoms with Crippen molar-refractivity contribution < 1.29 is 13.7 Å². The van der Waals surface area contributed by atoms with Gasteiger partial charge in [-0.05, 0) is 0 Å². The zero-order valence-electron chi connectivity index (χ0n) is 6.88. The lowest BCUT2D eigenvalue weighted by molar-refractivity contribution is 0.555. The third kappa shape index (κ3) is 8.77. The molecule has 2 atom stereocenters. The van der Waals surface area contributed by atoms with E-state index in [2.05, 4.69) is 0 Å². The van der Waals surface area contributed by atoms with Crippen molar-refractivity contribution in [3.63, 3.8) is 0 Å². The number of nitrogens with two attached hydrogens (primary N) is 4. The van der Waals surface area contributed by atoms with Crippen LogP contribution in [0.3, 0.4) is 0 Å². The van der Waals surface area contributed by atoms with Gasteiger partial charge in [0.1, 0.15) is 0 Å². The second-order valence-electron chi connectivity index (χ2n) is 2.56. The van der Waals surface area contributed by atoms with Crippen LogP contribution in [0.5, 0.6) is 0 Å². The van der Waals surface area contributed by atoms with Gasteiger partial charge in [0.15, 0.2) is 0 Å². The lowest BCUT2D eigenvalue weighted by atomic mass is 12.0. The molecular formula is CH13N6O3P3. The zero-order chi connectivity index (χ0) is 10.9. The van der Waals surface area contributed by atoms with E-state index in [-0.39, 0.29) is 0 Å². The maximum absolute atomic E-state index is 11.2. The van der Waals surface area contributed by atoms with Gasteiger partial charge < -0.3 is 0 Å². The van der Waals surface area contributed by atoms with E-state index in [1.54, 1.807) is 4.86 Å². The molecule has 9 nitrogen and oxygen atoms in total. The Bertz CT molecular complexity index is 285. The van der Waals surface area contributed by atoms with Crippen LogP contribution in [0.25, 0.3) is 0 Å². The van der Waals surface area contributed by atoms with E-state index in [0.29, 0.717) is 0 Å². The van der Waals surface area contributed by atoms with E-state index >= 15 is 0 Å². The Kier molecular flexibility index (Phi) is 4.04. The lowest BCUT2D eigenvalue weighted by Gasteiger charge is -2.19. The molecule has 0 aromatic heterocycles. The molecule has 0 aliphatic heterocycles. The first kappa shape index (κ1) is 13.4. The van der Waals surface area contributed by atoms with Crippen LogP contribution in [-0.4, -0.2) is 6.66 Å². The Morgan fingerprint density at radius 1 is 0.923 bits per heavy atom. The molecule has 0 radical (unpaired) electrons. The minimum absolute atomic E-state index is 1.09. The minimum atomic E-state index is -3.84. The van der Waals surface area contributed by atoms with Gasteiger partial charge in [0.05, 0.1) is 0 Å². The molecule has 0 bridgehead atoms. The number of hydrogen-bond donors (Lipinski definition) is 6. The monoisotopic (exact) mass is 250 g/mol. The van der Waals surface area contributed by atoms with E-state index in [1.807, 2.05) is 4.86 Å². The van der Waals surface area contributed by atoms with Crippen LogP contribution in [0.4, 0.5) is 0 Å². The first-order chi connectivity index (χ1) is 5.41. The fraction of sp³-hybridized carbons (Fsp3) is 1.00. The van der Waals surface area contributed by atoms with Crippen molar-refractivity contribution in [1.29, 1.82) is 0 Å². The SMILES string of the molecule is CP(N)(=O)NP(N)(=O)NP(N)(N)=O. The second-order valence-corrected chi connectivity index (χ2v) is 8.87. The van der Waals surface area contributed by atoms with E-state index in [4.69, 9.17) is 22.0 Å². The highest BCUT2D eigenvalue weighted by Gasteiger charge is 2.27. The molecule has 0 fully saturated rings. The van der Waals surface area contributed by atoms with Crippen molar-refractivity contribution >= 4 is 22.6 Å². The van der Waals surface area contributed by atoms with Gasteiger partial charge in [0.2, 0.25) is 7.44 Å². The lowest BCUT2D eigenvalue weighted by Crippen LogP contribution is -2.30. The van der Waals surface area contributed by atoms with Crippen molar-refractivity contribution in [2.45, 2.75) is 0 Å².